The Balaban J connectivity index is 1.78. The van der Waals surface area contributed by atoms with Crippen molar-refractivity contribution >= 4 is 10.0 Å². The third kappa shape index (κ3) is 3.65. The monoisotopic (exact) mass is 426 g/mol. The molecule has 3 aromatic rings. The van der Waals surface area contributed by atoms with Crippen molar-refractivity contribution in [1.82, 2.24) is 9.29 Å². The van der Waals surface area contributed by atoms with E-state index in [1.54, 1.807) is 54.9 Å². The number of pyridine rings is 1. The minimum absolute atomic E-state index is 0.00405. The number of sulfonamides is 1. The van der Waals surface area contributed by atoms with Crippen LogP contribution in [0, 0.1) is 0 Å². The van der Waals surface area contributed by atoms with Crippen molar-refractivity contribution in [3.63, 3.8) is 0 Å². The van der Waals surface area contributed by atoms with Crippen LogP contribution in [0.3, 0.4) is 0 Å². The number of aliphatic hydroxyl groups excluding tert-OH is 1. The first-order valence-corrected chi connectivity index (χ1v) is 10.9. The molecule has 1 aromatic heterocycles. The summed E-state index contributed by atoms with van der Waals surface area (Å²) in [6.07, 6.45) is 2.47. The first-order chi connectivity index (χ1) is 14.4. The second-order valence-corrected chi connectivity index (χ2v) is 9.03. The lowest BCUT2D eigenvalue weighted by Crippen LogP contribution is -2.48. The molecule has 0 bridgehead atoms. The van der Waals surface area contributed by atoms with E-state index < -0.39 is 22.2 Å². The van der Waals surface area contributed by atoms with Crippen LogP contribution in [0.5, 0.6) is 11.5 Å². The molecule has 2 aromatic carbocycles. The van der Waals surface area contributed by atoms with E-state index >= 15 is 0 Å². The van der Waals surface area contributed by atoms with Crippen molar-refractivity contribution in [3.8, 4) is 11.5 Å². The Morgan fingerprint density at radius 3 is 2.63 bits per heavy atom. The van der Waals surface area contributed by atoms with Gasteiger partial charge in [-0.25, -0.2) is 8.42 Å². The zero-order chi connectivity index (χ0) is 21.3. The van der Waals surface area contributed by atoms with E-state index in [1.807, 2.05) is 0 Å². The number of hydrogen-bond donors (Lipinski definition) is 2. The Bertz CT molecular complexity index is 1150. The van der Waals surface area contributed by atoms with Crippen LogP contribution in [-0.4, -0.2) is 41.1 Å². The van der Waals surface area contributed by atoms with E-state index in [1.165, 1.54) is 23.5 Å². The molecule has 156 valence electrons. The summed E-state index contributed by atoms with van der Waals surface area (Å²) in [6, 6.07) is 14.2. The zero-order valence-electron chi connectivity index (χ0n) is 16.3. The molecule has 0 saturated heterocycles. The van der Waals surface area contributed by atoms with Crippen LogP contribution in [0.2, 0.25) is 0 Å². The second kappa shape index (κ2) is 8.06. The molecule has 8 heteroatoms. The average Bonchev–Trinajstić information content (AvgIpc) is 2.76. The van der Waals surface area contributed by atoms with E-state index in [4.69, 9.17) is 4.74 Å². The van der Waals surface area contributed by atoms with Gasteiger partial charge in [-0.2, -0.15) is 4.31 Å². The van der Waals surface area contributed by atoms with Gasteiger partial charge in [0.15, 0.2) is 11.5 Å². The van der Waals surface area contributed by atoms with E-state index in [9.17, 15) is 18.6 Å². The quantitative estimate of drug-likeness (QED) is 0.651. The molecule has 0 amide bonds. The molecule has 0 aliphatic carbocycles. The molecule has 0 unspecified atom stereocenters. The number of methoxy groups -OCH3 is 1. The molecule has 2 atom stereocenters. The number of aromatic hydroxyl groups is 1. The van der Waals surface area contributed by atoms with Crippen molar-refractivity contribution < 1.29 is 23.4 Å². The van der Waals surface area contributed by atoms with E-state index in [0.717, 1.165) is 11.1 Å². The summed E-state index contributed by atoms with van der Waals surface area (Å²) < 4.78 is 33.4. The maximum absolute atomic E-state index is 13.5. The molecule has 1 aliphatic heterocycles. The van der Waals surface area contributed by atoms with Gasteiger partial charge < -0.3 is 14.9 Å². The van der Waals surface area contributed by atoms with E-state index in [2.05, 4.69) is 4.98 Å². The highest BCUT2D eigenvalue weighted by molar-refractivity contribution is 7.89. The Kier molecular flexibility index (Phi) is 5.46. The van der Waals surface area contributed by atoms with Crippen molar-refractivity contribution in [1.29, 1.82) is 0 Å². The number of fused-ring (bicyclic) bond motifs is 1. The molecular weight excluding hydrogens is 404 g/mol. The molecule has 4 rings (SSSR count). The lowest BCUT2D eigenvalue weighted by atomic mass is 9.95. The Morgan fingerprint density at radius 2 is 1.90 bits per heavy atom. The van der Waals surface area contributed by atoms with Crippen LogP contribution in [0.15, 0.2) is 71.9 Å². The number of hydrogen-bond acceptors (Lipinski definition) is 6. The van der Waals surface area contributed by atoms with Gasteiger partial charge in [-0.05, 0) is 41.8 Å². The van der Waals surface area contributed by atoms with Gasteiger partial charge in [0.05, 0.1) is 24.2 Å². The van der Waals surface area contributed by atoms with Crippen LogP contribution in [0.4, 0.5) is 0 Å². The summed E-state index contributed by atoms with van der Waals surface area (Å²) in [5.41, 5.74) is 1.84. The number of rotatable bonds is 5. The molecule has 0 radical (unpaired) electrons. The minimum atomic E-state index is -3.84. The highest BCUT2D eigenvalue weighted by Gasteiger charge is 2.43. The topological polar surface area (TPSA) is 100.0 Å². The molecule has 0 saturated carbocycles. The third-order valence-electron chi connectivity index (χ3n) is 5.31. The fourth-order valence-electron chi connectivity index (χ4n) is 3.81. The number of aromatic nitrogens is 1. The molecule has 7 nitrogen and oxygen atoms in total. The van der Waals surface area contributed by atoms with Gasteiger partial charge in [0, 0.05) is 24.5 Å². The van der Waals surface area contributed by atoms with Gasteiger partial charge in [-0.3, -0.25) is 4.98 Å². The molecule has 0 fully saturated rings. The first-order valence-electron chi connectivity index (χ1n) is 9.45. The largest absolute Gasteiger partial charge is 0.504 e. The van der Waals surface area contributed by atoms with Crippen molar-refractivity contribution in [3.05, 3.63) is 83.7 Å². The van der Waals surface area contributed by atoms with Crippen LogP contribution >= 0.6 is 0 Å². The van der Waals surface area contributed by atoms with Gasteiger partial charge in [0.2, 0.25) is 10.0 Å². The summed E-state index contributed by atoms with van der Waals surface area (Å²) in [5, 5.41) is 21.0. The summed E-state index contributed by atoms with van der Waals surface area (Å²) in [6.45, 7) is 0.0848. The number of ether oxygens (including phenoxy) is 1. The lowest BCUT2D eigenvalue weighted by molar-refractivity contribution is 0.0769. The number of phenols is 1. The fourth-order valence-corrected chi connectivity index (χ4v) is 5.66. The second-order valence-electron chi connectivity index (χ2n) is 7.17. The lowest BCUT2D eigenvalue weighted by Gasteiger charge is -2.39. The Labute approximate surface area is 175 Å². The molecule has 0 spiro atoms. The molecule has 2 heterocycles. The first kappa shape index (κ1) is 20.3. The standard InChI is InChI=1S/C22H22N2O5S/c1-29-20-12-15(8-9-19(20)25)11-18-22(26)17-6-2-3-7-21(17)30(27,28)24(18)14-16-5-4-10-23-13-16/h2-10,12-13,18,22,25-26H,11,14H2,1H3/t18-,22+/m0/s1. The minimum Gasteiger partial charge on any atom is -0.504 e. The van der Waals surface area contributed by atoms with Crippen LogP contribution in [0.25, 0.3) is 0 Å². The SMILES string of the molecule is COc1cc(C[C@H]2[C@H](O)c3ccccc3S(=O)(=O)N2Cc2cccnc2)ccc1O. The third-order valence-corrected chi connectivity index (χ3v) is 7.25. The van der Waals surface area contributed by atoms with E-state index in [0.29, 0.717) is 11.3 Å². The maximum atomic E-state index is 13.5. The Hall–Kier alpha value is -2.94. The highest BCUT2D eigenvalue weighted by atomic mass is 32.2. The predicted octanol–water partition coefficient (Wildman–Crippen LogP) is 2.65. The maximum Gasteiger partial charge on any atom is 0.244 e. The van der Waals surface area contributed by atoms with Crippen molar-refractivity contribution in [2.75, 3.05) is 7.11 Å². The summed E-state index contributed by atoms with van der Waals surface area (Å²) in [7, 11) is -2.39. The molecule has 30 heavy (non-hydrogen) atoms. The molecule has 1 aliphatic rings. The van der Waals surface area contributed by atoms with Gasteiger partial charge >= 0.3 is 0 Å². The fraction of sp³-hybridized carbons (Fsp3) is 0.227. The average molecular weight is 426 g/mol. The van der Waals surface area contributed by atoms with Crippen molar-refractivity contribution in [2.45, 2.75) is 30.0 Å². The van der Waals surface area contributed by atoms with Gasteiger partial charge in [0.1, 0.15) is 0 Å². The number of phenolic OH excluding ortho intramolecular Hbond substituents is 1. The number of benzene rings is 2. The molecule has 2 N–H and O–H groups in total. The summed E-state index contributed by atoms with van der Waals surface area (Å²) in [5.74, 6) is 0.287. The zero-order valence-corrected chi connectivity index (χ0v) is 17.2. The Morgan fingerprint density at radius 1 is 1.10 bits per heavy atom. The summed E-state index contributed by atoms with van der Waals surface area (Å²) in [4.78, 5) is 4.19. The molecular formula is C22H22N2O5S. The van der Waals surface area contributed by atoms with Crippen LogP contribution < -0.4 is 4.74 Å². The van der Waals surface area contributed by atoms with Crippen LogP contribution in [0.1, 0.15) is 22.8 Å². The van der Waals surface area contributed by atoms with Gasteiger partial charge in [-0.15, -0.1) is 0 Å². The number of aliphatic hydroxyl groups is 1. The van der Waals surface area contributed by atoms with Crippen molar-refractivity contribution in [2.24, 2.45) is 0 Å². The van der Waals surface area contributed by atoms with Gasteiger partial charge in [-0.1, -0.05) is 30.3 Å². The smallest absolute Gasteiger partial charge is 0.244 e. The predicted molar refractivity (Wildman–Crippen MR) is 111 cm³/mol. The van der Waals surface area contributed by atoms with Gasteiger partial charge in [0.25, 0.3) is 0 Å². The normalized spacial score (nSPS) is 20.5. The van der Waals surface area contributed by atoms with E-state index in [-0.39, 0.29) is 23.6 Å². The van der Waals surface area contributed by atoms with Crippen LogP contribution in [-0.2, 0) is 23.0 Å². The number of nitrogens with zero attached hydrogens (tertiary/aromatic N) is 2. The summed E-state index contributed by atoms with van der Waals surface area (Å²) >= 11 is 0. The highest BCUT2D eigenvalue weighted by Crippen LogP contribution is 2.39.